The quantitative estimate of drug-likeness (QED) is 0.905. The lowest BCUT2D eigenvalue weighted by atomic mass is 9.87. The predicted molar refractivity (Wildman–Crippen MR) is 75.7 cm³/mol. The molecule has 1 aromatic rings. The number of hydrogen-bond donors (Lipinski definition) is 1. The zero-order valence-corrected chi connectivity index (χ0v) is 11.8. The summed E-state index contributed by atoms with van der Waals surface area (Å²) in [5.41, 5.74) is 2.39. The number of carbonyl (C=O) groups is 1. The van der Waals surface area contributed by atoms with Crippen LogP contribution in [-0.4, -0.2) is 19.1 Å². The van der Waals surface area contributed by atoms with Crippen LogP contribution < -0.4 is 5.32 Å². The summed E-state index contributed by atoms with van der Waals surface area (Å²) in [7, 11) is 0. The van der Waals surface area contributed by atoms with E-state index in [1.54, 1.807) is 0 Å². The molecule has 1 atom stereocenters. The SMILES string of the molecule is Cc1cccc(CNC(=O)C(C)C2CCOCC2)c1. The van der Waals surface area contributed by atoms with Crippen molar-refractivity contribution in [2.24, 2.45) is 11.8 Å². The first-order valence-electron chi connectivity index (χ1n) is 7.08. The Morgan fingerprint density at radius 2 is 2.16 bits per heavy atom. The van der Waals surface area contributed by atoms with Gasteiger partial charge in [-0.3, -0.25) is 4.79 Å². The maximum atomic E-state index is 12.1. The molecule has 1 aromatic carbocycles. The predicted octanol–water partition coefficient (Wildman–Crippen LogP) is 2.67. The first-order valence-corrected chi connectivity index (χ1v) is 7.08. The molecule has 2 rings (SSSR count). The van der Waals surface area contributed by atoms with Crippen LogP contribution in [0.2, 0.25) is 0 Å². The molecule has 1 saturated heterocycles. The number of amides is 1. The first kappa shape index (κ1) is 14.1. The maximum absolute atomic E-state index is 12.1. The van der Waals surface area contributed by atoms with E-state index in [0.29, 0.717) is 12.5 Å². The highest BCUT2D eigenvalue weighted by atomic mass is 16.5. The number of hydrogen-bond acceptors (Lipinski definition) is 2. The van der Waals surface area contributed by atoms with Crippen LogP contribution in [0, 0.1) is 18.8 Å². The van der Waals surface area contributed by atoms with E-state index in [2.05, 4.69) is 24.4 Å². The van der Waals surface area contributed by atoms with E-state index in [9.17, 15) is 4.79 Å². The second-order valence-electron chi connectivity index (χ2n) is 5.45. The molecule has 1 heterocycles. The fourth-order valence-electron chi connectivity index (χ4n) is 2.60. The summed E-state index contributed by atoms with van der Waals surface area (Å²) in [5.74, 6) is 0.702. The van der Waals surface area contributed by atoms with Gasteiger partial charge in [-0.25, -0.2) is 0 Å². The Morgan fingerprint density at radius 1 is 1.42 bits per heavy atom. The smallest absolute Gasteiger partial charge is 0.223 e. The van der Waals surface area contributed by atoms with Gasteiger partial charge in [-0.1, -0.05) is 36.8 Å². The number of benzene rings is 1. The molecule has 0 aromatic heterocycles. The van der Waals surface area contributed by atoms with E-state index in [0.717, 1.165) is 31.6 Å². The van der Waals surface area contributed by atoms with Gasteiger partial charge < -0.3 is 10.1 Å². The Hall–Kier alpha value is -1.35. The molecule has 3 heteroatoms. The Labute approximate surface area is 115 Å². The van der Waals surface area contributed by atoms with Gasteiger partial charge >= 0.3 is 0 Å². The van der Waals surface area contributed by atoms with Gasteiger partial charge in [0.05, 0.1) is 0 Å². The van der Waals surface area contributed by atoms with E-state index in [4.69, 9.17) is 4.74 Å². The zero-order chi connectivity index (χ0) is 13.7. The lowest BCUT2D eigenvalue weighted by Crippen LogP contribution is -2.35. The normalized spacial score (nSPS) is 18.0. The number of rotatable bonds is 4. The van der Waals surface area contributed by atoms with Gasteiger partial charge in [-0.2, -0.15) is 0 Å². The molecule has 0 aliphatic carbocycles. The van der Waals surface area contributed by atoms with Gasteiger partial charge in [0.15, 0.2) is 0 Å². The number of nitrogens with one attached hydrogen (secondary N) is 1. The fourth-order valence-corrected chi connectivity index (χ4v) is 2.60. The Balaban J connectivity index is 1.83. The van der Waals surface area contributed by atoms with Gasteiger partial charge in [0, 0.05) is 25.7 Å². The Bertz CT molecular complexity index is 425. The second kappa shape index (κ2) is 6.71. The molecular formula is C16H23NO2. The molecule has 0 saturated carbocycles. The lowest BCUT2D eigenvalue weighted by molar-refractivity contribution is -0.127. The van der Waals surface area contributed by atoms with Gasteiger partial charge in [-0.05, 0) is 31.2 Å². The van der Waals surface area contributed by atoms with Crippen molar-refractivity contribution < 1.29 is 9.53 Å². The fraction of sp³-hybridized carbons (Fsp3) is 0.562. The van der Waals surface area contributed by atoms with E-state index in [1.165, 1.54) is 5.56 Å². The van der Waals surface area contributed by atoms with Crippen molar-refractivity contribution in [2.45, 2.75) is 33.2 Å². The van der Waals surface area contributed by atoms with Crippen molar-refractivity contribution in [3.63, 3.8) is 0 Å². The topological polar surface area (TPSA) is 38.3 Å². The minimum Gasteiger partial charge on any atom is -0.381 e. The molecule has 1 fully saturated rings. The molecule has 0 radical (unpaired) electrons. The molecule has 19 heavy (non-hydrogen) atoms. The molecule has 1 aliphatic heterocycles. The van der Waals surface area contributed by atoms with Crippen LogP contribution in [0.1, 0.15) is 30.9 Å². The number of ether oxygens (including phenoxy) is 1. The molecule has 1 unspecified atom stereocenters. The molecule has 1 aliphatic rings. The third-order valence-corrected chi connectivity index (χ3v) is 3.94. The monoisotopic (exact) mass is 261 g/mol. The highest BCUT2D eigenvalue weighted by Crippen LogP contribution is 2.23. The highest BCUT2D eigenvalue weighted by Gasteiger charge is 2.25. The zero-order valence-electron chi connectivity index (χ0n) is 11.8. The molecule has 104 valence electrons. The Kier molecular flexibility index (Phi) is 4.97. The third-order valence-electron chi connectivity index (χ3n) is 3.94. The lowest BCUT2D eigenvalue weighted by Gasteiger charge is -2.27. The van der Waals surface area contributed by atoms with E-state index >= 15 is 0 Å². The number of carbonyl (C=O) groups excluding carboxylic acids is 1. The van der Waals surface area contributed by atoms with Crippen molar-refractivity contribution in [2.75, 3.05) is 13.2 Å². The molecule has 3 nitrogen and oxygen atoms in total. The van der Waals surface area contributed by atoms with Gasteiger partial charge in [0.1, 0.15) is 0 Å². The highest BCUT2D eigenvalue weighted by molar-refractivity contribution is 5.78. The molecule has 1 amide bonds. The van der Waals surface area contributed by atoms with Crippen molar-refractivity contribution in [3.8, 4) is 0 Å². The van der Waals surface area contributed by atoms with Crippen LogP contribution in [0.4, 0.5) is 0 Å². The van der Waals surface area contributed by atoms with E-state index in [1.807, 2.05) is 19.1 Å². The van der Waals surface area contributed by atoms with Crippen molar-refractivity contribution >= 4 is 5.91 Å². The Morgan fingerprint density at radius 3 is 2.84 bits per heavy atom. The summed E-state index contributed by atoms with van der Waals surface area (Å²) >= 11 is 0. The van der Waals surface area contributed by atoms with Crippen LogP contribution in [0.25, 0.3) is 0 Å². The molecule has 0 spiro atoms. The first-order chi connectivity index (χ1) is 9.16. The largest absolute Gasteiger partial charge is 0.381 e. The van der Waals surface area contributed by atoms with Crippen LogP contribution >= 0.6 is 0 Å². The minimum absolute atomic E-state index is 0.0775. The van der Waals surface area contributed by atoms with E-state index in [-0.39, 0.29) is 11.8 Å². The van der Waals surface area contributed by atoms with Crippen LogP contribution in [-0.2, 0) is 16.1 Å². The average Bonchev–Trinajstić information content (AvgIpc) is 2.45. The van der Waals surface area contributed by atoms with Crippen LogP contribution in [0.5, 0.6) is 0 Å². The summed E-state index contributed by atoms with van der Waals surface area (Å²) in [6.45, 7) is 6.30. The second-order valence-corrected chi connectivity index (χ2v) is 5.45. The van der Waals surface area contributed by atoms with Gasteiger partial charge in [-0.15, -0.1) is 0 Å². The molecule has 1 N–H and O–H groups in total. The summed E-state index contributed by atoms with van der Waals surface area (Å²) < 4.78 is 5.34. The molecule has 0 bridgehead atoms. The standard InChI is InChI=1S/C16H23NO2/c1-12-4-3-5-14(10-12)11-17-16(18)13(2)15-6-8-19-9-7-15/h3-5,10,13,15H,6-9,11H2,1-2H3,(H,17,18). The summed E-state index contributed by atoms with van der Waals surface area (Å²) in [6.07, 6.45) is 2.00. The van der Waals surface area contributed by atoms with Gasteiger partial charge in [0.2, 0.25) is 5.91 Å². The van der Waals surface area contributed by atoms with Crippen molar-refractivity contribution in [1.29, 1.82) is 0 Å². The van der Waals surface area contributed by atoms with Crippen LogP contribution in [0.3, 0.4) is 0 Å². The summed E-state index contributed by atoms with van der Waals surface area (Å²) in [6, 6.07) is 8.25. The summed E-state index contributed by atoms with van der Waals surface area (Å²) in [5, 5.41) is 3.04. The molecular weight excluding hydrogens is 238 g/mol. The average molecular weight is 261 g/mol. The van der Waals surface area contributed by atoms with Gasteiger partial charge in [0.25, 0.3) is 0 Å². The summed E-state index contributed by atoms with van der Waals surface area (Å²) in [4.78, 5) is 12.1. The third kappa shape index (κ3) is 4.06. The van der Waals surface area contributed by atoms with Crippen LogP contribution in [0.15, 0.2) is 24.3 Å². The van der Waals surface area contributed by atoms with Crippen molar-refractivity contribution in [3.05, 3.63) is 35.4 Å². The van der Waals surface area contributed by atoms with Crippen molar-refractivity contribution in [1.82, 2.24) is 5.32 Å². The maximum Gasteiger partial charge on any atom is 0.223 e. The minimum atomic E-state index is 0.0775. The van der Waals surface area contributed by atoms with E-state index < -0.39 is 0 Å². The number of aryl methyl sites for hydroxylation is 1.